The lowest BCUT2D eigenvalue weighted by Crippen LogP contribution is -2.41. The van der Waals surface area contributed by atoms with Crippen molar-refractivity contribution in [3.8, 4) is 0 Å². The number of hydrogen-bond donors (Lipinski definition) is 1. The molecule has 1 atom stereocenters. The number of aromatic nitrogens is 1. The molecule has 1 aromatic heterocycles. The Morgan fingerprint density at radius 2 is 1.90 bits per heavy atom. The number of benzene rings is 2. The minimum absolute atomic E-state index is 0.0313. The fourth-order valence-corrected chi connectivity index (χ4v) is 4.82. The molecular formula is C24H26ClN3OS. The maximum absolute atomic E-state index is 13.1. The number of nitrogens with zero attached hydrogens (tertiary/aromatic N) is 2. The zero-order valence-electron chi connectivity index (χ0n) is 17.1. The zero-order valence-corrected chi connectivity index (χ0v) is 18.6. The van der Waals surface area contributed by atoms with Crippen LogP contribution in [0.3, 0.4) is 0 Å². The normalized spacial score (nSPS) is 16.3. The van der Waals surface area contributed by atoms with Crippen LogP contribution in [0.4, 0.5) is 0 Å². The average molecular weight is 440 g/mol. The smallest absolute Gasteiger partial charge is 0.223 e. The maximum atomic E-state index is 13.1. The van der Waals surface area contributed by atoms with Crippen molar-refractivity contribution in [2.24, 2.45) is 5.92 Å². The number of likely N-dealkylation sites (tertiary alicyclic amines) is 1. The third-order valence-corrected chi connectivity index (χ3v) is 6.67. The minimum atomic E-state index is -0.201. The summed E-state index contributed by atoms with van der Waals surface area (Å²) in [7, 11) is 0. The molecule has 1 aliphatic rings. The Bertz CT molecular complexity index is 983. The number of amides is 1. The molecule has 2 heterocycles. The van der Waals surface area contributed by atoms with E-state index in [4.69, 9.17) is 11.6 Å². The van der Waals surface area contributed by atoms with Gasteiger partial charge in [0.1, 0.15) is 0 Å². The predicted molar refractivity (Wildman–Crippen MR) is 123 cm³/mol. The third kappa shape index (κ3) is 5.28. The van der Waals surface area contributed by atoms with Crippen LogP contribution in [0.5, 0.6) is 0 Å². The highest BCUT2D eigenvalue weighted by Crippen LogP contribution is 2.26. The summed E-state index contributed by atoms with van der Waals surface area (Å²) in [6.07, 6.45) is 1.73. The van der Waals surface area contributed by atoms with E-state index in [1.165, 1.54) is 0 Å². The van der Waals surface area contributed by atoms with Crippen molar-refractivity contribution in [1.29, 1.82) is 0 Å². The van der Waals surface area contributed by atoms with Gasteiger partial charge in [-0.1, -0.05) is 54.1 Å². The molecule has 0 saturated carbocycles. The summed E-state index contributed by atoms with van der Waals surface area (Å²) >= 11 is 7.91. The first-order chi connectivity index (χ1) is 14.6. The number of piperidine rings is 1. The molecule has 0 bridgehead atoms. The molecular weight excluding hydrogens is 414 g/mol. The molecule has 156 valence electrons. The van der Waals surface area contributed by atoms with Gasteiger partial charge in [-0.15, -0.1) is 11.3 Å². The van der Waals surface area contributed by atoms with Gasteiger partial charge in [0, 0.05) is 22.9 Å². The molecule has 0 aliphatic carbocycles. The van der Waals surface area contributed by atoms with Crippen molar-refractivity contribution in [1.82, 2.24) is 15.2 Å². The molecule has 1 fully saturated rings. The van der Waals surface area contributed by atoms with Gasteiger partial charge in [-0.2, -0.15) is 0 Å². The van der Waals surface area contributed by atoms with E-state index in [0.717, 1.165) is 54.3 Å². The summed E-state index contributed by atoms with van der Waals surface area (Å²) in [6.45, 7) is 4.74. The summed E-state index contributed by atoms with van der Waals surface area (Å²) < 4.78 is 0. The first-order valence-corrected chi connectivity index (χ1v) is 11.6. The molecule has 4 rings (SSSR count). The fourth-order valence-electron chi connectivity index (χ4n) is 4.01. The second-order valence-electron chi connectivity index (χ2n) is 7.82. The average Bonchev–Trinajstić information content (AvgIpc) is 3.17. The number of carbonyl (C=O) groups is 1. The van der Waals surface area contributed by atoms with Gasteiger partial charge in [-0.05, 0) is 56.1 Å². The molecule has 1 aliphatic heterocycles. The van der Waals surface area contributed by atoms with Crippen LogP contribution in [0, 0.1) is 12.8 Å². The third-order valence-electron chi connectivity index (χ3n) is 5.61. The lowest BCUT2D eigenvalue weighted by atomic mass is 9.93. The number of rotatable bonds is 6. The van der Waals surface area contributed by atoms with E-state index in [2.05, 4.69) is 20.6 Å². The summed E-state index contributed by atoms with van der Waals surface area (Å²) in [6, 6.07) is 17.6. The van der Waals surface area contributed by atoms with Gasteiger partial charge < -0.3 is 5.32 Å². The number of nitrogens with one attached hydrogen (secondary N) is 1. The molecule has 3 aromatic rings. The van der Waals surface area contributed by atoms with Crippen LogP contribution in [0.1, 0.15) is 40.7 Å². The van der Waals surface area contributed by atoms with Crippen LogP contribution in [0.25, 0.3) is 0 Å². The first kappa shape index (κ1) is 21.0. The molecule has 4 nitrogen and oxygen atoms in total. The predicted octanol–water partition coefficient (Wildman–Crippen LogP) is 5.22. The van der Waals surface area contributed by atoms with Crippen molar-refractivity contribution in [2.75, 3.05) is 13.1 Å². The van der Waals surface area contributed by atoms with Crippen molar-refractivity contribution in [2.45, 2.75) is 32.4 Å². The van der Waals surface area contributed by atoms with Crippen LogP contribution in [-0.2, 0) is 11.3 Å². The summed E-state index contributed by atoms with van der Waals surface area (Å²) in [5.41, 5.74) is 3.19. The van der Waals surface area contributed by atoms with E-state index in [1.54, 1.807) is 11.3 Å². The fraction of sp³-hybridized carbons (Fsp3) is 0.333. The number of halogens is 1. The quantitative estimate of drug-likeness (QED) is 0.572. The minimum Gasteiger partial charge on any atom is -0.345 e. The van der Waals surface area contributed by atoms with Crippen molar-refractivity contribution >= 4 is 28.8 Å². The largest absolute Gasteiger partial charge is 0.345 e. The summed E-state index contributed by atoms with van der Waals surface area (Å²) in [5, 5.41) is 7.19. The van der Waals surface area contributed by atoms with Gasteiger partial charge in [0.25, 0.3) is 0 Å². The molecule has 0 radical (unpaired) electrons. The Morgan fingerprint density at radius 3 is 2.57 bits per heavy atom. The first-order valence-electron chi connectivity index (χ1n) is 10.3. The molecule has 1 N–H and O–H groups in total. The molecule has 0 spiro atoms. The standard InChI is InChI=1S/C24H26ClN3OS/c1-17-26-22(16-30-17)15-28-12-10-19(11-13-28)24(29)27-23(18-6-3-2-4-7-18)20-8-5-9-21(25)14-20/h2-9,14,16,19,23H,10-13,15H2,1H3,(H,27,29). The highest BCUT2D eigenvalue weighted by Gasteiger charge is 2.27. The highest BCUT2D eigenvalue weighted by molar-refractivity contribution is 7.09. The highest BCUT2D eigenvalue weighted by atomic mass is 35.5. The van der Waals surface area contributed by atoms with Crippen molar-refractivity contribution < 1.29 is 4.79 Å². The van der Waals surface area contributed by atoms with Crippen molar-refractivity contribution in [3.63, 3.8) is 0 Å². The Kier molecular flexibility index (Phi) is 6.82. The topological polar surface area (TPSA) is 45.2 Å². The number of aryl methyl sites for hydroxylation is 1. The van der Waals surface area contributed by atoms with Gasteiger partial charge >= 0.3 is 0 Å². The Morgan fingerprint density at radius 1 is 1.17 bits per heavy atom. The molecule has 30 heavy (non-hydrogen) atoms. The van der Waals surface area contributed by atoms with E-state index >= 15 is 0 Å². The van der Waals surface area contributed by atoms with Crippen molar-refractivity contribution in [3.05, 3.63) is 86.8 Å². The molecule has 6 heteroatoms. The van der Waals surface area contributed by atoms with Crippen LogP contribution < -0.4 is 5.32 Å². The lowest BCUT2D eigenvalue weighted by Gasteiger charge is -2.32. The van der Waals surface area contributed by atoms with E-state index < -0.39 is 0 Å². The van der Waals surface area contributed by atoms with Crippen LogP contribution in [0.2, 0.25) is 5.02 Å². The van der Waals surface area contributed by atoms with Crippen LogP contribution >= 0.6 is 22.9 Å². The van der Waals surface area contributed by atoms with E-state index in [-0.39, 0.29) is 17.9 Å². The van der Waals surface area contributed by atoms with E-state index in [9.17, 15) is 4.79 Å². The van der Waals surface area contributed by atoms with Gasteiger partial charge in [-0.25, -0.2) is 4.98 Å². The SMILES string of the molecule is Cc1nc(CN2CCC(C(=O)NC(c3ccccc3)c3cccc(Cl)c3)CC2)cs1. The molecule has 1 unspecified atom stereocenters. The van der Waals surface area contributed by atoms with Gasteiger partial charge in [-0.3, -0.25) is 9.69 Å². The number of thiazole rings is 1. The zero-order chi connectivity index (χ0) is 20.9. The molecule has 1 saturated heterocycles. The summed E-state index contributed by atoms with van der Waals surface area (Å²) in [5.74, 6) is 0.150. The second-order valence-corrected chi connectivity index (χ2v) is 9.31. The van der Waals surface area contributed by atoms with Gasteiger partial charge in [0.15, 0.2) is 0 Å². The Labute approximate surface area is 186 Å². The monoisotopic (exact) mass is 439 g/mol. The molecule has 1 amide bonds. The maximum Gasteiger partial charge on any atom is 0.223 e. The molecule has 2 aromatic carbocycles. The number of carbonyl (C=O) groups excluding carboxylic acids is 1. The lowest BCUT2D eigenvalue weighted by molar-refractivity contribution is -0.127. The Balaban J connectivity index is 1.41. The van der Waals surface area contributed by atoms with Crippen LogP contribution in [-0.4, -0.2) is 28.9 Å². The van der Waals surface area contributed by atoms with E-state index in [1.807, 2.05) is 61.5 Å². The van der Waals surface area contributed by atoms with Crippen LogP contribution in [0.15, 0.2) is 60.0 Å². The van der Waals surface area contributed by atoms with Gasteiger partial charge in [0.05, 0.1) is 16.7 Å². The summed E-state index contributed by atoms with van der Waals surface area (Å²) in [4.78, 5) is 20.1. The number of hydrogen-bond acceptors (Lipinski definition) is 4. The Hall–Kier alpha value is -2.21. The second kappa shape index (κ2) is 9.73. The van der Waals surface area contributed by atoms with Gasteiger partial charge in [0.2, 0.25) is 5.91 Å². The van der Waals surface area contributed by atoms with E-state index in [0.29, 0.717) is 5.02 Å².